The second-order valence-electron chi connectivity index (χ2n) is 8.51. The van der Waals surface area contributed by atoms with E-state index < -0.39 is 41.1 Å². The normalized spacial score (nSPS) is 15.6. The summed E-state index contributed by atoms with van der Waals surface area (Å²) in [5, 5.41) is 10.5. The number of halogens is 6. The van der Waals surface area contributed by atoms with Crippen LogP contribution in [0.1, 0.15) is 23.2 Å². The summed E-state index contributed by atoms with van der Waals surface area (Å²) in [6.07, 6.45) is 0.376. The van der Waals surface area contributed by atoms with Crippen LogP contribution in [0.5, 0.6) is 0 Å². The van der Waals surface area contributed by atoms with Gasteiger partial charge < -0.3 is 20.2 Å². The van der Waals surface area contributed by atoms with Gasteiger partial charge in [-0.1, -0.05) is 0 Å². The minimum atomic E-state index is -5.08. The van der Waals surface area contributed by atoms with Crippen molar-refractivity contribution >= 4 is 34.5 Å². The number of hydrogen-bond donors (Lipinski definition) is 2. The number of anilines is 2. The predicted octanol–water partition coefficient (Wildman–Crippen LogP) is 3.61. The monoisotopic (exact) mass is 542 g/mol. The zero-order chi connectivity index (χ0) is 27.6. The van der Waals surface area contributed by atoms with E-state index in [9.17, 15) is 31.1 Å². The molecular weight excluding hydrogens is 522 g/mol. The molecular formula is C23H20F6N6O3. The van der Waals surface area contributed by atoms with Gasteiger partial charge in [-0.3, -0.25) is 9.78 Å². The van der Waals surface area contributed by atoms with Crippen molar-refractivity contribution in [2.24, 2.45) is 0 Å². The molecule has 2 N–H and O–H groups in total. The van der Waals surface area contributed by atoms with Gasteiger partial charge in [0, 0.05) is 50.6 Å². The second kappa shape index (κ2) is 10.7. The third kappa shape index (κ3) is 6.20. The molecule has 2 fully saturated rings. The third-order valence-electron chi connectivity index (χ3n) is 5.70. The predicted molar refractivity (Wildman–Crippen MR) is 122 cm³/mol. The standard InChI is InChI=1S/C21H19F3N6O.C2HF3O2/c22-12-9-14(23)18(15(24)10-12)21(31)30-7-5-29(6-8-30)20-19(26-13-1-2-13)27-16-3-4-25-11-17(16)28-20;3-2(4,5)1(6)7/h3-4,9-11,13H,1-2,5-8H2,(H,26,27);(H,6,7). The van der Waals surface area contributed by atoms with Crippen molar-refractivity contribution in [3.8, 4) is 0 Å². The Bertz CT molecular complexity index is 1340. The molecule has 0 bridgehead atoms. The van der Waals surface area contributed by atoms with Crippen molar-refractivity contribution in [2.75, 3.05) is 36.4 Å². The molecule has 2 aromatic heterocycles. The topological polar surface area (TPSA) is 112 Å². The van der Waals surface area contributed by atoms with Gasteiger partial charge in [-0.15, -0.1) is 0 Å². The summed E-state index contributed by atoms with van der Waals surface area (Å²) in [6.45, 7) is 1.31. The van der Waals surface area contributed by atoms with E-state index in [0.29, 0.717) is 48.4 Å². The van der Waals surface area contributed by atoms with Crippen LogP contribution in [0.2, 0.25) is 0 Å². The maximum atomic E-state index is 14.0. The number of alkyl halides is 3. The first-order valence-electron chi connectivity index (χ1n) is 11.3. The van der Waals surface area contributed by atoms with Crippen molar-refractivity contribution in [1.29, 1.82) is 0 Å². The first-order chi connectivity index (χ1) is 17.9. The minimum Gasteiger partial charge on any atom is -0.475 e. The lowest BCUT2D eigenvalue weighted by Crippen LogP contribution is -2.49. The highest BCUT2D eigenvalue weighted by Crippen LogP contribution is 2.31. The number of fused-ring (bicyclic) bond motifs is 1. The Kier molecular flexibility index (Phi) is 7.55. The SMILES string of the molecule is O=C(O)C(F)(F)F.O=C(c1c(F)cc(F)cc1F)N1CCN(c2nc3cnccc3nc2NC2CC2)CC1. The summed E-state index contributed by atoms with van der Waals surface area (Å²) >= 11 is 0. The van der Waals surface area contributed by atoms with Crippen LogP contribution >= 0.6 is 0 Å². The largest absolute Gasteiger partial charge is 0.490 e. The number of benzene rings is 1. The summed E-state index contributed by atoms with van der Waals surface area (Å²) < 4.78 is 72.9. The van der Waals surface area contributed by atoms with E-state index in [-0.39, 0.29) is 13.1 Å². The van der Waals surface area contributed by atoms with E-state index >= 15 is 0 Å². The highest BCUT2D eigenvalue weighted by atomic mass is 19.4. The number of nitrogens with zero attached hydrogens (tertiary/aromatic N) is 5. The maximum absolute atomic E-state index is 14.0. The summed E-state index contributed by atoms with van der Waals surface area (Å²) in [5.41, 5.74) is 0.660. The van der Waals surface area contributed by atoms with Gasteiger partial charge in [0.15, 0.2) is 11.6 Å². The molecule has 0 atom stereocenters. The van der Waals surface area contributed by atoms with Crippen LogP contribution in [0, 0.1) is 17.5 Å². The number of carboxylic acid groups (broad SMARTS) is 1. The number of amides is 1. The zero-order valence-corrected chi connectivity index (χ0v) is 19.5. The fourth-order valence-corrected chi connectivity index (χ4v) is 3.66. The van der Waals surface area contributed by atoms with Crippen LogP contribution < -0.4 is 10.2 Å². The van der Waals surface area contributed by atoms with E-state index in [2.05, 4.69) is 10.3 Å². The molecule has 5 rings (SSSR count). The van der Waals surface area contributed by atoms with Gasteiger partial charge in [-0.05, 0) is 18.9 Å². The molecule has 0 unspecified atom stereocenters. The summed E-state index contributed by atoms with van der Waals surface area (Å²) in [5.74, 6) is -5.67. The highest BCUT2D eigenvalue weighted by molar-refractivity contribution is 5.95. The van der Waals surface area contributed by atoms with Gasteiger partial charge >= 0.3 is 12.1 Å². The Morgan fingerprint density at radius 1 is 0.974 bits per heavy atom. The number of pyridine rings is 1. The molecule has 0 radical (unpaired) electrons. The summed E-state index contributed by atoms with van der Waals surface area (Å²) in [7, 11) is 0. The third-order valence-corrected chi connectivity index (χ3v) is 5.70. The number of hydrogen-bond acceptors (Lipinski definition) is 7. The number of nitrogens with one attached hydrogen (secondary N) is 1. The molecule has 1 aliphatic carbocycles. The molecule has 1 saturated carbocycles. The van der Waals surface area contributed by atoms with Crippen molar-refractivity contribution in [3.63, 3.8) is 0 Å². The zero-order valence-electron chi connectivity index (χ0n) is 19.5. The van der Waals surface area contributed by atoms with E-state index in [1.54, 1.807) is 18.5 Å². The molecule has 202 valence electrons. The van der Waals surface area contributed by atoms with Crippen LogP contribution in [0.25, 0.3) is 11.0 Å². The first-order valence-corrected chi connectivity index (χ1v) is 11.3. The van der Waals surface area contributed by atoms with Crippen molar-refractivity contribution in [1.82, 2.24) is 19.9 Å². The molecule has 0 spiro atoms. The van der Waals surface area contributed by atoms with Gasteiger partial charge in [0.05, 0.1) is 11.7 Å². The average molecular weight is 542 g/mol. The summed E-state index contributed by atoms with van der Waals surface area (Å²) in [6, 6.07) is 3.20. The van der Waals surface area contributed by atoms with E-state index in [0.717, 1.165) is 18.4 Å². The molecule has 2 aliphatic rings. The fraction of sp³-hybridized carbons (Fsp3) is 0.348. The molecule has 3 heterocycles. The van der Waals surface area contributed by atoms with Crippen molar-refractivity contribution in [3.05, 3.63) is 53.6 Å². The molecule has 1 saturated heterocycles. The number of piperazine rings is 1. The quantitative estimate of drug-likeness (QED) is 0.481. The highest BCUT2D eigenvalue weighted by Gasteiger charge is 2.38. The molecule has 38 heavy (non-hydrogen) atoms. The Morgan fingerprint density at radius 3 is 2.13 bits per heavy atom. The van der Waals surface area contributed by atoms with E-state index in [4.69, 9.17) is 19.9 Å². The number of rotatable bonds is 4. The molecule has 1 amide bonds. The number of aliphatic carboxylic acids is 1. The number of carboxylic acids is 1. The Hall–Kier alpha value is -4.17. The van der Waals surface area contributed by atoms with E-state index in [1.807, 2.05) is 4.90 Å². The van der Waals surface area contributed by atoms with Gasteiger partial charge in [0.25, 0.3) is 5.91 Å². The molecule has 1 aliphatic heterocycles. The second-order valence-corrected chi connectivity index (χ2v) is 8.51. The number of aromatic nitrogens is 3. The van der Waals surface area contributed by atoms with Gasteiger partial charge in [0.1, 0.15) is 28.5 Å². The minimum absolute atomic E-state index is 0.241. The molecule has 15 heteroatoms. The number of carbonyl (C=O) groups excluding carboxylic acids is 1. The van der Waals surface area contributed by atoms with Crippen LogP contribution in [0.15, 0.2) is 30.6 Å². The molecule has 3 aromatic rings. The fourth-order valence-electron chi connectivity index (χ4n) is 3.66. The van der Waals surface area contributed by atoms with Gasteiger partial charge in [0.2, 0.25) is 0 Å². The lowest BCUT2D eigenvalue weighted by Gasteiger charge is -2.36. The first kappa shape index (κ1) is 26.9. The van der Waals surface area contributed by atoms with Crippen LogP contribution in [-0.2, 0) is 4.79 Å². The smallest absolute Gasteiger partial charge is 0.475 e. The van der Waals surface area contributed by atoms with E-state index in [1.165, 1.54) is 4.90 Å². The molecule has 9 nitrogen and oxygen atoms in total. The lowest BCUT2D eigenvalue weighted by molar-refractivity contribution is -0.192. The van der Waals surface area contributed by atoms with Crippen molar-refractivity contribution in [2.45, 2.75) is 25.1 Å². The van der Waals surface area contributed by atoms with Crippen LogP contribution in [0.3, 0.4) is 0 Å². The van der Waals surface area contributed by atoms with Crippen molar-refractivity contribution < 1.29 is 41.0 Å². The lowest BCUT2D eigenvalue weighted by atomic mass is 10.1. The Labute approximate surface area is 211 Å². The van der Waals surface area contributed by atoms with Gasteiger partial charge in [-0.25, -0.2) is 27.9 Å². The maximum Gasteiger partial charge on any atom is 0.490 e. The summed E-state index contributed by atoms with van der Waals surface area (Å²) in [4.78, 5) is 38.4. The van der Waals surface area contributed by atoms with Crippen LogP contribution in [0.4, 0.5) is 38.0 Å². The Morgan fingerprint density at radius 2 is 1.58 bits per heavy atom. The van der Waals surface area contributed by atoms with Gasteiger partial charge in [-0.2, -0.15) is 13.2 Å². The number of carbonyl (C=O) groups is 2. The van der Waals surface area contributed by atoms with Crippen LogP contribution in [-0.4, -0.2) is 75.2 Å². The Balaban J connectivity index is 0.000000426. The average Bonchev–Trinajstić information content (AvgIpc) is 3.67. The molecule has 1 aromatic carbocycles.